The zero-order valence-corrected chi connectivity index (χ0v) is 9.63. The van der Waals surface area contributed by atoms with E-state index in [0.29, 0.717) is 17.9 Å². The SMILES string of the molecule is O=C(O)C1(c2ccc(Cl)cc2)CCNCC1. The van der Waals surface area contributed by atoms with Crippen LogP contribution in [0.3, 0.4) is 0 Å². The minimum absolute atomic E-state index is 0.629. The van der Waals surface area contributed by atoms with Gasteiger partial charge in [-0.05, 0) is 43.6 Å². The van der Waals surface area contributed by atoms with Crippen molar-refractivity contribution in [2.24, 2.45) is 0 Å². The molecule has 2 N–H and O–H groups in total. The molecule has 1 fully saturated rings. The quantitative estimate of drug-likeness (QED) is 0.831. The van der Waals surface area contributed by atoms with E-state index in [1.807, 2.05) is 12.1 Å². The van der Waals surface area contributed by atoms with Crippen molar-refractivity contribution in [1.29, 1.82) is 0 Å². The topological polar surface area (TPSA) is 49.3 Å². The Kier molecular flexibility index (Phi) is 3.17. The first-order valence-corrected chi connectivity index (χ1v) is 5.73. The van der Waals surface area contributed by atoms with Crippen LogP contribution in [0.25, 0.3) is 0 Å². The fourth-order valence-electron chi connectivity index (χ4n) is 2.25. The largest absolute Gasteiger partial charge is 0.481 e. The third-order valence-corrected chi connectivity index (χ3v) is 3.52. The molecule has 86 valence electrons. The van der Waals surface area contributed by atoms with Gasteiger partial charge in [0.1, 0.15) is 0 Å². The molecule has 1 saturated heterocycles. The molecule has 16 heavy (non-hydrogen) atoms. The zero-order valence-electron chi connectivity index (χ0n) is 8.87. The van der Waals surface area contributed by atoms with Crippen LogP contribution in [0.15, 0.2) is 24.3 Å². The Morgan fingerprint density at radius 1 is 1.25 bits per heavy atom. The van der Waals surface area contributed by atoms with Crippen molar-refractivity contribution in [2.75, 3.05) is 13.1 Å². The number of carbonyl (C=O) groups is 1. The van der Waals surface area contributed by atoms with Gasteiger partial charge in [0.05, 0.1) is 5.41 Å². The van der Waals surface area contributed by atoms with Crippen molar-refractivity contribution < 1.29 is 9.90 Å². The van der Waals surface area contributed by atoms with Crippen LogP contribution < -0.4 is 5.32 Å². The predicted octanol–water partition coefficient (Wildman–Crippen LogP) is 2.05. The Hall–Kier alpha value is -1.06. The van der Waals surface area contributed by atoms with Gasteiger partial charge in [0.2, 0.25) is 0 Å². The Bertz CT molecular complexity index is 383. The van der Waals surface area contributed by atoms with Gasteiger partial charge >= 0.3 is 5.97 Å². The fraction of sp³-hybridized carbons (Fsp3) is 0.417. The lowest BCUT2D eigenvalue weighted by molar-refractivity contribution is -0.145. The summed E-state index contributed by atoms with van der Waals surface area (Å²) in [7, 11) is 0. The van der Waals surface area contributed by atoms with Gasteiger partial charge < -0.3 is 10.4 Å². The number of carboxylic acids is 1. The molecule has 1 aliphatic rings. The Morgan fingerprint density at radius 2 is 1.81 bits per heavy atom. The van der Waals surface area contributed by atoms with E-state index in [4.69, 9.17) is 11.6 Å². The summed E-state index contributed by atoms with van der Waals surface area (Å²) in [6, 6.07) is 7.15. The van der Waals surface area contributed by atoms with Crippen molar-refractivity contribution in [3.63, 3.8) is 0 Å². The molecule has 0 bridgehead atoms. The Morgan fingerprint density at radius 3 is 2.31 bits per heavy atom. The first-order chi connectivity index (χ1) is 7.65. The number of rotatable bonds is 2. The highest BCUT2D eigenvalue weighted by atomic mass is 35.5. The standard InChI is InChI=1S/C12H14ClNO2/c13-10-3-1-9(2-4-10)12(11(15)16)5-7-14-8-6-12/h1-4,14H,5-8H2,(H,15,16). The highest BCUT2D eigenvalue weighted by molar-refractivity contribution is 6.30. The van der Waals surface area contributed by atoms with Gasteiger partial charge in [-0.15, -0.1) is 0 Å². The van der Waals surface area contributed by atoms with E-state index in [-0.39, 0.29) is 0 Å². The van der Waals surface area contributed by atoms with Crippen molar-refractivity contribution >= 4 is 17.6 Å². The fourth-order valence-corrected chi connectivity index (χ4v) is 2.37. The summed E-state index contributed by atoms with van der Waals surface area (Å²) in [5.74, 6) is -0.740. The lowest BCUT2D eigenvalue weighted by Crippen LogP contribution is -2.45. The van der Waals surface area contributed by atoms with Crippen LogP contribution >= 0.6 is 11.6 Å². The van der Waals surface area contributed by atoms with E-state index in [1.165, 1.54) is 0 Å². The second-order valence-corrected chi connectivity index (χ2v) is 4.58. The predicted molar refractivity (Wildman–Crippen MR) is 62.9 cm³/mol. The highest BCUT2D eigenvalue weighted by Crippen LogP contribution is 2.34. The van der Waals surface area contributed by atoms with Crippen molar-refractivity contribution in [3.8, 4) is 0 Å². The van der Waals surface area contributed by atoms with Gasteiger partial charge in [0, 0.05) is 5.02 Å². The maximum absolute atomic E-state index is 11.5. The smallest absolute Gasteiger partial charge is 0.314 e. The average molecular weight is 240 g/mol. The summed E-state index contributed by atoms with van der Waals surface area (Å²) in [5, 5.41) is 13.3. The number of halogens is 1. The summed E-state index contributed by atoms with van der Waals surface area (Å²) in [4.78, 5) is 11.5. The number of piperidine rings is 1. The molecule has 0 atom stereocenters. The minimum Gasteiger partial charge on any atom is -0.481 e. The minimum atomic E-state index is -0.740. The van der Waals surface area contributed by atoms with Crippen molar-refractivity contribution in [3.05, 3.63) is 34.9 Å². The lowest BCUT2D eigenvalue weighted by Gasteiger charge is -2.34. The molecule has 0 unspecified atom stereocenters. The number of nitrogens with one attached hydrogen (secondary N) is 1. The summed E-state index contributed by atoms with van der Waals surface area (Å²) in [6.07, 6.45) is 1.26. The van der Waals surface area contributed by atoms with Crippen molar-refractivity contribution in [1.82, 2.24) is 5.32 Å². The monoisotopic (exact) mass is 239 g/mol. The molecule has 1 aromatic carbocycles. The normalized spacial score (nSPS) is 19.3. The third kappa shape index (κ3) is 1.93. The summed E-state index contributed by atoms with van der Waals surface area (Å²) in [5.41, 5.74) is 0.112. The van der Waals surface area contributed by atoms with Gasteiger partial charge in [-0.25, -0.2) is 0 Å². The van der Waals surface area contributed by atoms with Gasteiger partial charge in [0.15, 0.2) is 0 Å². The molecule has 0 radical (unpaired) electrons. The van der Waals surface area contributed by atoms with E-state index >= 15 is 0 Å². The number of hydrogen-bond donors (Lipinski definition) is 2. The lowest BCUT2D eigenvalue weighted by atomic mass is 9.73. The third-order valence-electron chi connectivity index (χ3n) is 3.26. The van der Waals surface area contributed by atoms with E-state index in [9.17, 15) is 9.90 Å². The molecule has 0 saturated carbocycles. The van der Waals surface area contributed by atoms with E-state index in [1.54, 1.807) is 12.1 Å². The molecule has 4 heteroatoms. The van der Waals surface area contributed by atoms with Crippen LogP contribution in [0.1, 0.15) is 18.4 Å². The average Bonchev–Trinajstić information content (AvgIpc) is 2.30. The highest BCUT2D eigenvalue weighted by Gasteiger charge is 2.41. The zero-order chi connectivity index (χ0) is 11.6. The van der Waals surface area contributed by atoms with Gasteiger partial charge in [-0.1, -0.05) is 23.7 Å². The number of benzene rings is 1. The number of carboxylic acid groups (broad SMARTS) is 1. The summed E-state index contributed by atoms with van der Waals surface area (Å²) >= 11 is 5.82. The molecular formula is C12H14ClNO2. The van der Waals surface area contributed by atoms with E-state index < -0.39 is 11.4 Å². The molecule has 3 nitrogen and oxygen atoms in total. The first kappa shape index (κ1) is 11.4. The van der Waals surface area contributed by atoms with Gasteiger partial charge in [-0.3, -0.25) is 4.79 Å². The maximum Gasteiger partial charge on any atom is 0.314 e. The van der Waals surface area contributed by atoms with E-state index in [2.05, 4.69) is 5.32 Å². The van der Waals surface area contributed by atoms with Crippen LogP contribution in [0.4, 0.5) is 0 Å². The molecule has 0 aromatic heterocycles. The number of aliphatic carboxylic acids is 1. The molecule has 0 spiro atoms. The second-order valence-electron chi connectivity index (χ2n) is 4.14. The van der Waals surface area contributed by atoms with Crippen molar-refractivity contribution in [2.45, 2.75) is 18.3 Å². The number of hydrogen-bond acceptors (Lipinski definition) is 2. The summed E-state index contributed by atoms with van der Waals surface area (Å²) in [6.45, 7) is 1.49. The van der Waals surface area contributed by atoms with Crippen LogP contribution in [-0.4, -0.2) is 24.2 Å². The second kappa shape index (κ2) is 4.44. The summed E-state index contributed by atoms with van der Waals surface area (Å²) < 4.78 is 0. The molecular weight excluding hydrogens is 226 g/mol. The molecule has 0 amide bonds. The molecule has 1 aromatic rings. The van der Waals surface area contributed by atoms with Crippen LogP contribution in [-0.2, 0) is 10.2 Å². The first-order valence-electron chi connectivity index (χ1n) is 5.35. The van der Waals surface area contributed by atoms with Crippen LogP contribution in [0.2, 0.25) is 5.02 Å². The van der Waals surface area contributed by atoms with Crippen LogP contribution in [0, 0.1) is 0 Å². The van der Waals surface area contributed by atoms with Crippen LogP contribution in [0.5, 0.6) is 0 Å². The molecule has 0 aliphatic carbocycles. The maximum atomic E-state index is 11.5. The van der Waals surface area contributed by atoms with Gasteiger partial charge in [0.25, 0.3) is 0 Å². The van der Waals surface area contributed by atoms with Gasteiger partial charge in [-0.2, -0.15) is 0 Å². The Labute approximate surface area is 99.4 Å². The molecule has 1 aliphatic heterocycles. The Balaban J connectivity index is 2.38. The van der Waals surface area contributed by atoms with E-state index in [0.717, 1.165) is 18.7 Å². The molecule has 2 rings (SSSR count). The molecule has 1 heterocycles.